The summed E-state index contributed by atoms with van der Waals surface area (Å²) in [5.74, 6) is 0.985. The lowest BCUT2D eigenvalue weighted by Crippen LogP contribution is -2.47. The number of rotatable bonds is 2. The van der Waals surface area contributed by atoms with E-state index < -0.39 is 0 Å². The Labute approximate surface area is 55.7 Å². The molecule has 2 nitrogen and oxygen atoms in total. The summed E-state index contributed by atoms with van der Waals surface area (Å²) in [5, 5.41) is 2.11. The number of hydroxylamine groups is 2. The topological polar surface area (TPSA) is 12.5 Å². The van der Waals surface area contributed by atoms with Gasteiger partial charge in [0.1, 0.15) is 0 Å². The zero-order chi connectivity index (χ0) is 6.27. The molecule has 0 aromatic carbocycles. The van der Waals surface area contributed by atoms with Crippen LogP contribution < -0.4 is 0 Å². The zero-order valence-corrected chi connectivity index (χ0v) is 5.84. The normalized spacial score (nSPS) is 36.3. The molecule has 0 spiro atoms. The van der Waals surface area contributed by atoms with Gasteiger partial charge in [-0.05, 0) is 25.2 Å². The first-order chi connectivity index (χ1) is 4.42. The van der Waals surface area contributed by atoms with Gasteiger partial charge in [-0.1, -0.05) is 0 Å². The van der Waals surface area contributed by atoms with Gasteiger partial charge in [0.25, 0.3) is 0 Å². The highest BCUT2D eigenvalue weighted by Crippen LogP contribution is 2.40. The summed E-state index contributed by atoms with van der Waals surface area (Å²) in [6.07, 6.45) is 4.23. The Morgan fingerprint density at radius 1 is 1.33 bits per heavy atom. The number of hydrogen-bond acceptors (Lipinski definition) is 2. The largest absolute Gasteiger partial charge is 0.302 e. The van der Waals surface area contributed by atoms with Crippen molar-refractivity contribution in [1.82, 2.24) is 5.06 Å². The summed E-state index contributed by atoms with van der Waals surface area (Å²) in [4.78, 5) is 5.13. The Kier molecular flexibility index (Phi) is 1.24. The molecule has 9 heavy (non-hydrogen) atoms. The molecule has 0 bridgehead atoms. The maximum absolute atomic E-state index is 5.13. The van der Waals surface area contributed by atoms with E-state index in [9.17, 15) is 0 Å². The molecule has 0 N–H and O–H groups in total. The van der Waals surface area contributed by atoms with E-state index in [-0.39, 0.29) is 0 Å². The lowest BCUT2D eigenvalue weighted by molar-refractivity contribution is -0.215. The van der Waals surface area contributed by atoms with Crippen LogP contribution in [0.1, 0.15) is 19.3 Å². The lowest BCUT2D eigenvalue weighted by Gasteiger charge is -2.38. The summed E-state index contributed by atoms with van der Waals surface area (Å²) in [6.45, 7) is 1.15. The first-order valence-electron chi connectivity index (χ1n) is 3.72. The molecule has 0 aromatic heterocycles. The Morgan fingerprint density at radius 3 is 2.44 bits per heavy atom. The SMILES string of the molecule is CON1CCC1C1CC1. The quantitative estimate of drug-likeness (QED) is 0.549. The third-order valence-corrected chi connectivity index (χ3v) is 2.42. The Balaban J connectivity index is 1.83. The first kappa shape index (κ1) is 5.69. The van der Waals surface area contributed by atoms with Crippen LogP contribution in [-0.2, 0) is 4.84 Å². The predicted molar refractivity (Wildman–Crippen MR) is 34.8 cm³/mol. The molecule has 1 unspecified atom stereocenters. The molecular weight excluding hydrogens is 114 g/mol. The fourth-order valence-electron chi connectivity index (χ4n) is 1.56. The van der Waals surface area contributed by atoms with Gasteiger partial charge < -0.3 is 4.84 Å². The number of nitrogens with zero attached hydrogens (tertiary/aromatic N) is 1. The van der Waals surface area contributed by atoms with Gasteiger partial charge in [0.2, 0.25) is 0 Å². The zero-order valence-electron chi connectivity index (χ0n) is 5.84. The van der Waals surface area contributed by atoms with E-state index in [1.165, 1.54) is 19.3 Å². The van der Waals surface area contributed by atoms with Crippen LogP contribution in [0, 0.1) is 5.92 Å². The summed E-state index contributed by atoms with van der Waals surface area (Å²) in [5.41, 5.74) is 0. The fraction of sp³-hybridized carbons (Fsp3) is 1.00. The molecule has 2 fully saturated rings. The van der Waals surface area contributed by atoms with E-state index in [0.717, 1.165) is 18.5 Å². The van der Waals surface area contributed by atoms with E-state index in [1.807, 2.05) is 0 Å². The van der Waals surface area contributed by atoms with E-state index in [4.69, 9.17) is 4.84 Å². The van der Waals surface area contributed by atoms with Crippen LogP contribution in [0.2, 0.25) is 0 Å². The van der Waals surface area contributed by atoms with E-state index in [0.29, 0.717) is 0 Å². The van der Waals surface area contributed by atoms with Crippen molar-refractivity contribution in [3.05, 3.63) is 0 Å². The Hall–Kier alpha value is -0.0800. The van der Waals surface area contributed by atoms with Crippen molar-refractivity contribution in [2.45, 2.75) is 25.3 Å². The average molecular weight is 127 g/mol. The third kappa shape index (κ3) is 0.864. The van der Waals surface area contributed by atoms with Crippen LogP contribution in [0.4, 0.5) is 0 Å². The molecule has 2 heteroatoms. The van der Waals surface area contributed by atoms with Crippen molar-refractivity contribution in [2.75, 3.05) is 13.7 Å². The van der Waals surface area contributed by atoms with Gasteiger partial charge in [-0.3, -0.25) is 0 Å². The van der Waals surface area contributed by atoms with Crippen LogP contribution >= 0.6 is 0 Å². The Bertz CT molecular complexity index is 109. The van der Waals surface area contributed by atoms with Crippen molar-refractivity contribution < 1.29 is 4.84 Å². The van der Waals surface area contributed by atoms with Gasteiger partial charge in [-0.25, -0.2) is 0 Å². The molecule has 0 radical (unpaired) electrons. The molecule has 1 saturated heterocycles. The highest BCUT2D eigenvalue weighted by atomic mass is 16.7. The molecular formula is C7H13NO. The maximum Gasteiger partial charge on any atom is 0.0575 e. The molecule has 1 atom stereocenters. The smallest absolute Gasteiger partial charge is 0.0575 e. The van der Waals surface area contributed by atoms with Gasteiger partial charge in [-0.15, -0.1) is 0 Å². The Morgan fingerprint density at radius 2 is 2.11 bits per heavy atom. The second kappa shape index (κ2) is 1.96. The standard InChI is InChI=1S/C7H13NO/c1-9-8-5-4-7(8)6-2-3-6/h6-7H,2-5H2,1H3. The minimum atomic E-state index is 0.787. The van der Waals surface area contributed by atoms with Gasteiger partial charge in [0, 0.05) is 12.6 Å². The first-order valence-corrected chi connectivity index (χ1v) is 3.72. The van der Waals surface area contributed by atoms with E-state index in [2.05, 4.69) is 5.06 Å². The average Bonchev–Trinajstić information content (AvgIpc) is 2.48. The van der Waals surface area contributed by atoms with E-state index in [1.54, 1.807) is 7.11 Å². The molecule has 1 aliphatic heterocycles. The van der Waals surface area contributed by atoms with Crippen LogP contribution in [0.25, 0.3) is 0 Å². The second-order valence-corrected chi connectivity index (χ2v) is 3.02. The summed E-state index contributed by atoms with van der Waals surface area (Å²) < 4.78 is 0. The monoisotopic (exact) mass is 127 g/mol. The maximum atomic E-state index is 5.13. The van der Waals surface area contributed by atoms with Gasteiger partial charge >= 0.3 is 0 Å². The van der Waals surface area contributed by atoms with Gasteiger partial charge in [0.05, 0.1) is 7.11 Å². The lowest BCUT2D eigenvalue weighted by atomic mass is 10.0. The van der Waals surface area contributed by atoms with Crippen molar-refractivity contribution >= 4 is 0 Å². The van der Waals surface area contributed by atoms with E-state index >= 15 is 0 Å². The molecule has 52 valence electrons. The molecule has 0 aromatic rings. The third-order valence-electron chi connectivity index (χ3n) is 2.42. The highest BCUT2D eigenvalue weighted by molar-refractivity contribution is 4.91. The van der Waals surface area contributed by atoms with Crippen LogP contribution in [0.5, 0.6) is 0 Å². The van der Waals surface area contributed by atoms with Crippen LogP contribution in [0.3, 0.4) is 0 Å². The predicted octanol–water partition coefficient (Wildman–Crippen LogP) is 1.03. The summed E-state index contributed by atoms with van der Waals surface area (Å²) >= 11 is 0. The molecule has 1 heterocycles. The summed E-state index contributed by atoms with van der Waals surface area (Å²) in [6, 6.07) is 0.787. The van der Waals surface area contributed by atoms with Gasteiger partial charge in [-0.2, -0.15) is 5.06 Å². The second-order valence-electron chi connectivity index (χ2n) is 3.02. The van der Waals surface area contributed by atoms with Crippen molar-refractivity contribution in [2.24, 2.45) is 5.92 Å². The van der Waals surface area contributed by atoms with Crippen LogP contribution in [-0.4, -0.2) is 24.8 Å². The molecule has 2 rings (SSSR count). The summed E-state index contributed by atoms with van der Waals surface area (Å²) in [7, 11) is 1.77. The fourth-order valence-corrected chi connectivity index (χ4v) is 1.56. The molecule has 1 saturated carbocycles. The molecule has 0 amide bonds. The van der Waals surface area contributed by atoms with Crippen molar-refractivity contribution in [3.63, 3.8) is 0 Å². The molecule has 2 aliphatic rings. The van der Waals surface area contributed by atoms with Gasteiger partial charge in [0.15, 0.2) is 0 Å². The van der Waals surface area contributed by atoms with Crippen molar-refractivity contribution in [1.29, 1.82) is 0 Å². The number of hydrogen-bond donors (Lipinski definition) is 0. The molecule has 1 aliphatic carbocycles. The highest BCUT2D eigenvalue weighted by Gasteiger charge is 2.40. The van der Waals surface area contributed by atoms with Crippen molar-refractivity contribution in [3.8, 4) is 0 Å². The van der Waals surface area contributed by atoms with Crippen LogP contribution in [0.15, 0.2) is 0 Å². The minimum absolute atomic E-state index is 0.787. The minimum Gasteiger partial charge on any atom is -0.302 e.